The van der Waals surface area contributed by atoms with E-state index in [1.54, 1.807) is 6.07 Å². The number of halogens is 3. The van der Waals surface area contributed by atoms with Gasteiger partial charge >= 0.3 is 6.36 Å². The number of alkyl halides is 3. The average Bonchev–Trinajstić information content (AvgIpc) is 2.68. The van der Waals surface area contributed by atoms with Crippen LogP contribution in [0.3, 0.4) is 0 Å². The van der Waals surface area contributed by atoms with Gasteiger partial charge in [0, 0.05) is 13.1 Å². The normalized spacial score (nSPS) is 17.2. The molecule has 1 atom stereocenters. The first-order valence-corrected chi connectivity index (χ1v) is 9.35. The highest BCUT2D eigenvalue weighted by Gasteiger charge is 2.31. The molecule has 0 saturated carbocycles. The molecule has 3 rings (SSSR count). The number of morpholine rings is 1. The molecule has 1 aliphatic heterocycles. The van der Waals surface area contributed by atoms with E-state index in [4.69, 9.17) is 17.0 Å². The fraction of sp³-hybridized carbons (Fsp3) is 0.350. The van der Waals surface area contributed by atoms with Crippen LogP contribution in [-0.4, -0.2) is 42.6 Å². The minimum absolute atomic E-state index is 0.255. The number of rotatable bonds is 5. The van der Waals surface area contributed by atoms with Gasteiger partial charge in [-0.15, -0.1) is 13.2 Å². The van der Waals surface area contributed by atoms with Crippen molar-refractivity contribution in [3.8, 4) is 5.75 Å². The van der Waals surface area contributed by atoms with E-state index in [0.29, 0.717) is 36.9 Å². The van der Waals surface area contributed by atoms with Crippen molar-refractivity contribution < 1.29 is 22.6 Å². The van der Waals surface area contributed by atoms with E-state index in [2.05, 4.69) is 22.2 Å². The zero-order chi connectivity index (χ0) is 20.0. The Morgan fingerprint density at radius 2 is 1.96 bits per heavy atom. The monoisotopic (exact) mass is 410 g/mol. The van der Waals surface area contributed by atoms with Crippen LogP contribution in [0, 0.1) is 0 Å². The molecule has 1 heterocycles. The van der Waals surface area contributed by atoms with E-state index in [1.165, 1.54) is 23.8 Å². The molecule has 150 valence electrons. The van der Waals surface area contributed by atoms with Crippen molar-refractivity contribution >= 4 is 17.3 Å². The van der Waals surface area contributed by atoms with Crippen LogP contribution >= 0.6 is 12.2 Å². The topological polar surface area (TPSA) is 33.7 Å². The highest BCUT2D eigenvalue weighted by Crippen LogP contribution is 2.28. The molecule has 0 radical (unpaired) electrons. The number of ether oxygens (including phenoxy) is 2. The third kappa shape index (κ3) is 6.10. The van der Waals surface area contributed by atoms with Gasteiger partial charge in [0.25, 0.3) is 0 Å². The largest absolute Gasteiger partial charge is 0.573 e. The molecule has 2 aromatic carbocycles. The number of hydrogen-bond donors (Lipinski definition) is 1. The summed E-state index contributed by atoms with van der Waals surface area (Å²) in [6.45, 7) is 2.24. The lowest BCUT2D eigenvalue weighted by atomic mass is 10.1. The van der Waals surface area contributed by atoms with E-state index >= 15 is 0 Å². The molecular weight excluding hydrogens is 389 g/mol. The fourth-order valence-electron chi connectivity index (χ4n) is 3.02. The Morgan fingerprint density at radius 3 is 2.71 bits per heavy atom. The van der Waals surface area contributed by atoms with Crippen molar-refractivity contribution in [1.82, 2.24) is 10.2 Å². The second-order valence-corrected chi connectivity index (χ2v) is 6.78. The quantitative estimate of drug-likeness (QED) is 0.752. The Labute approximate surface area is 167 Å². The van der Waals surface area contributed by atoms with Gasteiger partial charge in [0.15, 0.2) is 5.11 Å². The van der Waals surface area contributed by atoms with E-state index < -0.39 is 6.36 Å². The van der Waals surface area contributed by atoms with Crippen LogP contribution in [0.1, 0.15) is 17.2 Å². The Bertz CT molecular complexity index is 787. The lowest BCUT2D eigenvalue weighted by Gasteiger charge is -2.35. The number of nitrogens with zero attached hydrogens (tertiary/aromatic N) is 1. The van der Waals surface area contributed by atoms with Gasteiger partial charge in [0.1, 0.15) is 11.9 Å². The van der Waals surface area contributed by atoms with Gasteiger partial charge < -0.3 is 19.7 Å². The maximum absolute atomic E-state index is 12.4. The summed E-state index contributed by atoms with van der Waals surface area (Å²) < 4.78 is 47.0. The van der Waals surface area contributed by atoms with Crippen molar-refractivity contribution in [3.05, 3.63) is 65.7 Å². The van der Waals surface area contributed by atoms with Crippen LogP contribution in [0.2, 0.25) is 0 Å². The van der Waals surface area contributed by atoms with Gasteiger partial charge in [-0.1, -0.05) is 42.5 Å². The van der Waals surface area contributed by atoms with Crippen LogP contribution in [0.4, 0.5) is 13.2 Å². The summed E-state index contributed by atoms with van der Waals surface area (Å²) in [5.74, 6) is -0.255. The lowest BCUT2D eigenvalue weighted by Crippen LogP contribution is -2.47. The van der Waals surface area contributed by atoms with Crippen molar-refractivity contribution in [2.24, 2.45) is 0 Å². The van der Waals surface area contributed by atoms with Crippen LogP contribution in [0.25, 0.3) is 0 Å². The third-order valence-electron chi connectivity index (χ3n) is 4.35. The molecule has 2 aromatic rings. The van der Waals surface area contributed by atoms with Crippen LogP contribution in [0.5, 0.6) is 5.75 Å². The Balaban J connectivity index is 1.54. The van der Waals surface area contributed by atoms with Crippen molar-refractivity contribution in [1.29, 1.82) is 0 Å². The summed E-state index contributed by atoms with van der Waals surface area (Å²) >= 11 is 5.48. The Morgan fingerprint density at radius 1 is 1.18 bits per heavy atom. The van der Waals surface area contributed by atoms with Gasteiger partial charge in [0.2, 0.25) is 0 Å². The molecule has 0 aromatic heterocycles. The first-order valence-electron chi connectivity index (χ1n) is 8.95. The van der Waals surface area contributed by atoms with E-state index in [0.717, 1.165) is 6.42 Å². The van der Waals surface area contributed by atoms with E-state index in [9.17, 15) is 13.2 Å². The molecule has 0 aliphatic carbocycles. The SMILES string of the molecule is FC(F)(F)Oc1cccc(C2CN(C(=S)NCCc3ccccc3)CCO2)c1. The van der Waals surface area contributed by atoms with Gasteiger partial charge in [-0.2, -0.15) is 0 Å². The second-order valence-electron chi connectivity index (χ2n) is 6.39. The predicted molar refractivity (Wildman–Crippen MR) is 104 cm³/mol. The predicted octanol–water partition coefficient (Wildman–Crippen LogP) is 4.08. The summed E-state index contributed by atoms with van der Waals surface area (Å²) in [6, 6.07) is 16.0. The highest BCUT2D eigenvalue weighted by molar-refractivity contribution is 7.80. The summed E-state index contributed by atoms with van der Waals surface area (Å²) in [7, 11) is 0. The molecule has 1 unspecified atom stereocenters. The van der Waals surface area contributed by atoms with Gasteiger partial charge in [-0.05, 0) is 41.9 Å². The molecule has 0 amide bonds. The molecule has 1 saturated heterocycles. The summed E-state index contributed by atoms with van der Waals surface area (Å²) in [5.41, 5.74) is 1.85. The molecule has 0 bridgehead atoms. The maximum Gasteiger partial charge on any atom is 0.573 e. The highest BCUT2D eigenvalue weighted by atomic mass is 32.1. The van der Waals surface area contributed by atoms with Crippen LogP contribution in [0.15, 0.2) is 54.6 Å². The third-order valence-corrected chi connectivity index (χ3v) is 4.75. The number of hydrogen-bond acceptors (Lipinski definition) is 3. The minimum atomic E-state index is -4.72. The molecule has 8 heteroatoms. The molecular formula is C20H21F3N2O2S. The molecule has 28 heavy (non-hydrogen) atoms. The number of thiocarbonyl (C=S) groups is 1. The molecule has 0 spiro atoms. The average molecular weight is 410 g/mol. The minimum Gasteiger partial charge on any atom is -0.406 e. The van der Waals surface area contributed by atoms with Crippen LogP contribution < -0.4 is 10.1 Å². The van der Waals surface area contributed by atoms with Gasteiger partial charge in [-0.3, -0.25) is 0 Å². The number of benzene rings is 2. The first kappa shape index (κ1) is 20.4. The standard InChI is InChI=1S/C20H21F3N2O2S/c21-20(22,23)27-17-8-4-7-16(13-17)18-14-25(11-12-26-18)19(28)24-10-9-15-5-2-1-3-6-15/h1-8,13,18H,9-12,14H2,(H,24,28). The van der Waals surface area contributed by atoms with Gasteiger partial charge in [0.05, 0.1) is 13.2 Å². The zero-order valence-corrected chi connectivity index (χ0v) is 15.9. The Kier molecular flexibility index (Phi) is 6.74. The lowest BCUT2D eigenvalue weighted by molar-refractivity contribution is -0.274. The van der Waals surface area contributed by atoms with Crippen molar-refractivity contribution in [2.45, 2.75) is 18.9 Å². The maximum atomic E-state index is 12.4. The summed E-state index contributed by atoms with van der Waals surface area (Å²) in [4.78, 5) is 1.98. The summed E-state index contributed by atoms with van der Waals surface area (Å²) in [5, 5.41) is 3.86. The fourth-order valence-corrected chi connectivity index (χ4v) is 3.29. The molecule has 4 nitrogen and oxygen atoms in total. The smallest absolute Gasteiger partial charge is 0.406 e. The molecule has 1 N–H and O–H groups in total. The Hall–Kier alpha value is -2.32. The zero-order valence-electron chi connectivity index (χ0n) is 15.1. The van der Waals surface area contributed by atoms with Crippen molar-refractivity contribution in [2.75, 3.05) is 26.2 Å². The van der Waals surface area contributed by atoms with Crippen molar-refractivity contribution in [3.63, 3.8) is 0 Å². The van der Waals surface area contributed by atoms with E-state index in [-0.39, 0.29) is 11.9 Å². The summed E-state index contributed by atoms with van der Waals surface area (Å²) in [6.07, 6.45) is -4.24. The number of nitrogens with one attached hydrogen (secondary N) is 1. The van der Waals surface area contributed by atoms with Crippen LogP contribution in [-0.2, 0) is 11.2 Å². The van der Waals surface area contributed by atoms with E-state index in [1.807, 2.05) is 23.1 Å². The first-order chi connectivity index (χ1) is 13.4. The molecule has 1 aliphatic rings. The second kappa shape index (κ2) is 9.25. The van der Waals surface area contributed by atoms with Gasteiger partial charge in [-0.25, -0.2) is 0 Å². The molecule has 1 fully saturated rings.